The molecule has 3 aromatic rings. The van der Waals surface area contributed by atoms with Gasteiger partial charge >= 0.3 is 0 Å². The number of hydrogen-bond donors (Lipinski definition) is 1. The molecule has 0 unspecified atom stereocenters. The summed E-state index contributed by atoms with van der Waals surface area (Å²) in [6, 6.07) is 4.95. The topological polar surface area (TPSA) is 72.7 Å². The summed E-state index contributed by atoms with van der Waals surface area (Å²) in [5, 5.41) is 0.938. The van der Waals surface area contributed by atoms with Gasteiger partial charge in [-0.25, -0.2) is 18.1 Å². The quantitative estimate of drug-likeness (QED) is 0.649. The van der Waals surface area contributed by atoms with Crippen molar-refractivity contribution in [3.05, 3.63) is 57.5 Å². The number of rotatable bonds is 6. The van der Waals surface area contributed by atoms with Crippen LogP contribution in [0.2, 0.25) is 10.0 Å². The van der Waals surface area contributed by atoms with Crippen LogP contribution in [-0.2, 0) is 16.4 Å². The molecular weight excluding hydrogens is 409 g/mol. The minimum absolute atomic E-state index is 0.123. The molecule has 0 bridgehead atoms. The third-order valence-corrected chi connectivity index (χ3v) is 6.23. The van der Waals surface area contributed by atoms with Gasteiger partial charge in [0.25, 0.3) is 0 Å². The highest BCUT2D eigenvalue weighted by Gasteiger charge is 2.20. The molecule has 0 saturated carbocycles. The number of fused-ring (bicyclic) bond motifs is 1. The molecule has 1 N–H and O–H groups in total. The first-order chi connectivity index (χ1) is 12.7. The average Bonchev–Trinajstić information content (AvgIpc) is 2.99. The van der Waals surface area contributed by atoms with Crippen molar-refractivity contribution < 1.29 is 13.2 Å². The van der Waals surface area contributed by atoms with E-state index < -0.39 is 10.0 Å². The molecular formula is C18H19Cl2N3O3S. The van der Waals surface area contributed by atoms with Crippen LogP contribution in [-0.4, -0.2) is 31.5 Å². The summed E-state index contributed by atoms with van der Waals surface area (Å²) in [6.07, 6.45) is 3.88. The number of aryl methyl sites for hydroxylation is 2. The maximum absolute atomic E-state index is 12.7. The molecule has 6 nitrogen and oxygen atoms in total. The zero-order valence-corrected chi connectivity index (χ0v) is 17.4. The van der Waals surface area contributed by atoms with Crippen LogP contribution in [0, 0.1) is 13.8 Å². The number of aromatic nitrogens is 2. The molecule has 9 heteroatoms. The number of ether oxygens (including phenoxy) is 1. The van der Waals surface area contributed by atoms with E-state index in [1.807, 2.05) is 13.8 Å². The van der Waals surface area contributed by atoms with Crippen LogP contribution in [0.25, 0.3) is 5.65 Å². The van der Waals surface area contributed by atoms with Crippen molar-refractivity contribution in [3.8, 4) is 5.75 Å². The number of hydrogen-bond acceptors (Lipinski definition) is 4. The molecule has 0 atom stereocenters. The van der Waals surface area contributed by atoms with Crippen LogP contribution in [0.4, 0.5) is 0 Å². The van der Waals surface area contributed by atoms with Crippen molar-refractivity contribution in [2.75, 3.05) is 13.7 Å². The Hall–Kier alpha value is -1.80. The standard InChI is InChI=1S/C18H19Cl2N3O3S/c1-11-6-16(26-3)17(7-12(11)2)27(24,25)21-5-4-14-10-23-9-13(19)8-15(20)18(23)22-14/h6-10,21H,4-5H2,1-3H3. The van der Waals surface area contributed by atoms with Gasteiger partial charge in [0, 0.05) is 25.4 Å². The van der Waals surface area contributed by atoms with E-state index in [0.29, 0.717) is 33.6 Å². The van der Waals surface area contributed by atoms with Gasteiger partial charge in [-0.05, 0) is 43.2 Å². The number of nitrogens with zero attached hydrogens (tertiary/aromatic N) is 2. The van der Waals surface area contributed by atoms with E-state index in [4.69, 9.17) is 27.9 Å². The number of halogens is 2. The van der Waals surface area contributed by atoms with Crippen LogP contribution in [0.3, 0.4) is 0 Å². The van der Waals surface area contributed by atoms with Crippen LogP contribution in [0.1, 0.15) is 16.8 Å². The SMILES string of the molecule is COc1cc(C)c(C)cc1S(=O)(=O)NCCc1cn2cc(Cl)cc(Cl)c2n1. The second-order valence-corrected chi connectivity index (χ2v) is 8.78. The van der Waals surface area contributed by atoms with Gasteiger partial charge in [0.2, 0.25) is 10.0 Å². The summed E-state index contributed by atoms with van der Waals surface area (Å²) >= 11 is 12.1. The van der Waals surface area contributed by atoms with Gasteiger partial charge in [-0.3, -0.25) is 0 Å². The summed E-state index contributed by atoms with van der Waals surface area (Å²) in [5.74, 6) is 0.319. The third-order valence-electron chi connectivity index (χ3n) is 4.27. The molecule has 144 valence electrons. The van der Waals surface area contributed by atoms with Gasteiger partial charge in [0.15, 0.2) is 5.65 Å². The monoisotopic (exact) mass is 427 g/mol. The van der Waals surface area contributed by atoms with Crippen LogP contribution in [0.5, 0.6) is 5.75 Å². The molecule has 2 aromatic heterocycles. The zero-order valence-electron chi connectivity index (χ0n) is 15.1. The van der Waals surface area contributed by atoms with E-state index in [2.05, 4.69) is 9.71 Å². The Kier molecular flexibility index (Phi) is 5.67. The highest BCUT2D eigenvalue weighted by atomic mass is 35.5. The summed E-state index contributed by atoms with van der Waals surface area (Å²) in [7, 11) is -2.26. The van der Waals surface area contributed by atoms with Crippen molar-refractivity contribution in [1.29, 1.82) is 0 Å². The van der Waals surface area contributed by atoms with E-state index >= 15 is 0 Å². The van der Waals surface area contributed by atoms with Crippen molar-refractivity contribution in [2.45, 2.75) is 25.2 Å². The minimum atomic E-state index is -3.71. The van der Waals surface area contributed by atoms with Gasteiger partial charge in [-0.1, -0.05) is 23.2 Å². The first kappa shape index (κ1) is 19.9. The number of pyridine rings is 1. The lowest BCUT2D eigenvalue weighted by atomic mass is 10.1. The molecule has 0 saturated heterocycles. The summed E-state index contributed by atoms with van der Waals surface area (Å²) in [4.78, 5) is 4.54. The Morgan fingerprint density at radius 2 is 1.85 bits per heavy atom. The Morgan fingerprint density at radius 3 is 2.56 bits per heavy atom. The van der Waals surface area contributed by atoms with Gasteiger partial charge in [0.05, 0.1) is 22.8 Å². The van der Waals surface area contributed by atoms with Crippen molar-refractivity contribution >= 4 is 38.9 Å². The lowest BCUT2D eigenvalue weighted by Gasteiger charge is -2.13. The average molecular weight is 428 g/mol. The summed E-state index contributed by atoms with van der Waals surface area (Å²) < 4.78 is 34.9. The smallest absolute Gasteiger partial charge is 0.244 e. The molecule has 0 aliphatic rings. The Morgan fingerprint density at radius 1 is 1.15 bits per heavy atom. The number of imidazole rings is 1. The van der Waals surface area contributed by atoms with Crippen molar-refractivity contribution in [3.63, 3.8) is 0 Å². The minimum Gasteiger partial charge on any atom is -0.495 e. The summed E-state index contributed by atoms with van der Waals surface area (Å²) in [5.41, 5.74) is 3.12. The second kappa shape index (κ2) is 7.67. The van der Waals surface area contributed by atoms with Gasteiger partial charge in [-0.2, -0.15) is 0 Å². The lowest BCUT2D eigenvalue weighted by molar-refractivity contribution is 0.402. The van der Waals surface area contributed by atoms with E-state index in [1.165, 1.54) is 7.11 Å². The van der Waals surface area contributed by atoms with Crippen LogP contribution < -0.4 is 9.46 Å². The third kappa shape index (κ3) is 4.21. The maximum atomic E-state index is 12.7. The lowest BCUT2D eigenvalue weighted by Crippen LogP contribution is -2.26. The van der Waals surface area contributed by atoms with Gasteiger partial charge in [0.1, 0.15) is 10.6 Å². The van der Waals surface area contributed by atoms with E-state index in [-0.39, 0.29) is 11.4 Å². The maximum Gasteiger partial charge on any atom is 0.244 e. The van der Waals surface area contributed by atoms with Crippen LogP contribution in [0.15, 0.2) is 35.5 Å². The second-order valence-electron chi connectivity index (χ2n) is 6.20. The zero-order chi connectivity index (χ0) is 19.8. The number of benzene rings is 1. The normalized spacial score (nSPS) is 11.9. The Bertz CT molecular complexity index is 1110. The molecule has 0 amide bonds. The first-order valence-electron chi connectivity index (χ1n) is 8.19. The molecule has 2 heterocycles. The van der Waals surface area contributed by atoms with Gasteiger partial charge in [-0.15, -0.1) is 0 Å². The fraction of sp³-hybridized carbons (Fsp3) is 0.278. The molecule has 0 aliphatic heterocycles. The highest BCUT2D eigenvalue weighted by molar-refractivity contribution is 7.89. The predicted octanol–water partition coefficient (Wildman–Crippen LogP) is 3.79. The van der Waals surface area contributed by atoms with E-state index in [1.54, 1.807) is 35.0 Å². The van der Waals surface area contributed by atoms with E-state index in [0.717, 1.165) is 11.1 Å². The molecule has 27 heavy (non-hydrogen) atoms. The molecule has 3 rings (SSSR count). The molecule has 0 aliphatic carbocycles. The molecule has 0 radical (unpaired) electrons. The first-order valence-corrected chi connectivity index (χ1v) is 10.4. The van der Waals surface area contributed by atoms with Crippen molar-refractivity contribution in [1.82, 2.24) is 14.1 Å². The van der Waals surface area contributed by atoms with Crippen molar-refractivity contribution in [2.24, 2.45) is 0 Å². The summed E-state index contributed by atoms with van der Waals surface area (Å²) in [6.45, 7) is 3.95. The molecule has 0 spiro atoms. The van der Waals surface area contributed by atoms with E-state index in [9.17, 15) is 8.42 Å². The fourth-order valence-electron chi connectivity index (χ4n) is 2.72. The molecule has 1 aromatic carbocycles. The van der Waals surface area contributed by atoms with Crippen LogP contribution >= 0.6 is 23.2 Å². The highest BCUT2D eigenvalue weighted by Crippen LogP contribution is 2.27. The predicted molar refractivity (Wildman–Crippen MR) is 107 cm³/mol. The fourth-order valence-corrected chi connectivity index (χ4v) is 4.51. The Labute approximate surface area is 168 Å². The van der Waals surface area contributed by atoms with Gasteiger partial charge < -0.3 is 9.14 Å². The Balaban J connectivity index is 1.77. The number of methoxy groups -OCH3 is 1. The number of sulfonamides is 1. The largest absolute Gasteiger partial charge is 0.495 e. The number of nitrogens with one attached hydrogen (secondary N) is 1. The molecule has 0 fully saturated rings.